The van der Waals surface area contributed by atoms with Gasteiger partial charge in [0.2, 0.25) is 0 Å². The standard InChI is InChI=1S/C36H35BN3O2/c1-35(2,41)36(3,4)42-37-31-21-19-27(20-22-31)26-15-17-29(18-16-26)33(38)40-34-32(28-13-9-6-10-14-28)23-30(24-39-34)25-11-7-5-8-12-25/h5-24,41H,1-4H3,(H2,38,39,40). The summed E-state index contributed by atoms with van der Waals surface area (Å²) in [7, 11) is 1.69. The van der Waals surface area contributed by atoms with Crippen LogP contribution in [0.1, 0.15) is 33.3 Å². The van der Waals surface area contributed by atoms with E-state index < -0.39 is 11.2 Å². The number of rotatable bonds is 9. The van der Waals surface area contributed by atoms with Crippen molar-refractivity contribution in [2.75, 3.05) is 0 Å². The lowest BCUT2D eigenvalue weighted by atomic mass is 9.82. The van der Waals surface area contributed by atoms with Crippen LogP contribution < -0.4 is 11.2 Å². The smallest absolute Gasteiger partial charge is 0.330 e. The third-order valence-electron chi connectivity index (χ3n) is 7.67. The first-order chi connectivity index (χ1) is 20.1. The third-order valence-corrected chi connectivity index (χ3v) is 7.67. The summed E-state index contributed by atoms with van der Waals surface area (Å²) in [6, 6.07) is 38.5. The van der Waals surface area contributed by atoms with E-state index in [-0.39, 0.29) is 0 Å². The highest BCUT2D eigenvalue weighted by molar-refractivity contribution is 6.47. The molecular weight excluding hydrogens is 517 g/mol. The molecule has 0 aliphatic carbocycles. The molecule has 3 N–H and O–H groups in total. The second kappa shape index (κ2) is 12.2. The number of hydrogen-bond donors (Lipinski definition) is 2. The van der Waals surface area contributed by atoms with Crippen LogP contribution in [0.5, 0.6) is 0 Å². The zero-order valence-corrected chi connectivity index (χ0v) is 24.5. The number of nitrogens with zero attached hydrogens (tertiary/aromatic N) is 2. The molecule has 0 aliphatic rings. The maximum absolute atomic E-state index is 10.3. The van der Waals surface area contributed by atoms with Crippen molar-refractivity contribution in [1.29, 1.82) is 0 Å². The molecule has 0 saturated carbocycles. The van der Waals surface area contributed by atoms with Crippen molar-refractivity contribution in [2.24, 2.45) is 10.7 Å². The number of amidine groups is 1. The second-order valence-electron chi connectivity index (χ2n) is 11.3. The first-order valence-corrected chi connectivity index (χ1v) is 14.0. The molecular formula is C36H35BN3O2. The zero-order valence-electron chi connectivity index (χ0n) is 24.5. The quantitative estimate of drug-likeness (QED) is 0.118. The minimum Gasteiger partial charge on any atom is -0.427 e. The van der Waals surface area contributed by atoms with Crippen LogP contribution in [0.15, 0.2) is 126 Å². The van der Waals surface area contributed by atoms with Crippen molar-refractivity contribution in [3.8, 4) is 33.4 Å². The van der Waals surface area contributed by atoms with Crippen LogP contribution in [0, 0.1) is 0 Å². The number of nitrogens with two attached hydrogens (primary N) is 1. The van der Waals surface area contributed by atoms with Gasteiger partial charge in [-0.25, -0.2) is 9.98 Å². The van der Waals surface area contributed by atoms with Gasteiger partial charge in [0.05, 0.1) is 11.2 Å². The van der Waals surface area contributed by atoms with Crippen LogP contribution in [0.25, 0.3) is 33.4 Å². The predicted octanol–water partition coefficient (Wildman–Crippen LogP) is 6.93. The number of aliphatic imine (C=N–C) groups is 1. The minimum absolute atomic E-state index is 0.398. The van der Waals surface area contributed by atoms with Crippen molar-refractivity contribution >= 4 is 24.6 Å². The molecule has 0 atom stereocenters. The average molecular weight is 553 g/mol. The van der Waals surface area contributed by atoms with Gasteiger partial charge in [-0.2, -0.15) is 0 Å². The highest BCUT2D eigenvalue weighted by Crippen LogP contribution is 2.33. The van der Waals surface area contributed by atoms with E-state index in [4.69, 9.17) is 20.4 Å². The Morgan fingerprint density at radius 2 is 1.24 bits per heavy atom. The van der Waals surface area contributed by atoms with E-state index in [0.717, 1.165) is 44.4 Å². The molecule has 1 aromatic heterocycles. The fourth-order valence-electron chi connectivity index (χ4n) is 4.29. The molecule has 6 heteroatoms. The van der Waals surface area contributed by atoms with Gasteiger partial charge in [0, 0.05) is 22.9 Å². The topological polar surface area (TPSA) is 80.7 Å². The van der Waals surface area contributed by atoms with Gasteiger partial charge in [-0.05, 0) is 56.0 Å². The summed E-state index contributed by atoms with van der Waals surface area (Å²) in [5.74, 6) is 0.972. The lowest BCUT2D eigenvalue weighted by Gasteiger charge is -2.37. The highest BCUT2D eigenvalue weighted by atomic mass is 16.5. The molecule has 5 nitrogen and oxygen atoms in total. The monoisotopic (exact) mass is 552 g/mol. The molecule has 1 heterocycles. The normalized spacial score (nSPS) is 12.3. The van der Waals surface area contributed by atoms with Gasteiger partial charge in [0.15, 0.2) is 5.82 Å². The van der Waals surface area contributed by atoms with Gasteiger partial charge < -0.3 is 15.5 Å². The van der Waals surface area contributed by atoms with Crippen LogP contribution in [0.2, 0.25) is 0 Å². The zero-order chi connectivity index (χ0) is 29.7. The highest BCUT2D eigenvalue weighted by Gasteiger charge is 2.35. The van der Waals surface area contributed by atoms with Gasteiger partial charge in [0.25, 0.3) is 0 Å². The van der Waals surface area contributed by atoms with Crippen molar-refractivity contribution in [2.45, 2.75) is 38.9 Å². The molecule has 5 rings (SSSR count). The Morgan fingerprint density at radius 1 is 0.714 bits per heavy atom. The van der Waals surface area contributed by atoms with Crippen LogP contribution >= 0.6 is 0 Å². The summed E-state index contributed by atoms with van der Waals surface area (Å²) in [4.78, 5) is 9.48. The summed E-state index contributed by atoms with van der Waals surface area (Å²) in [5, 5.41) is 10.3. The van der Waals surface area contributed by atoms with Crippen molar-refractivity contribution in [3.63, 3.8) is 0 Å². The van der Waals surface area contributed by atoms with Gasteiger partial charge in [-0.15, -0.1) is 0 Å². The first kappa shape index (κ1) is 29.0. The lowest BCUT2D eigenvalue weighted by molar-refractivity contribution is -0.0893. The SMILES string of the molecule is CC(C)(O)C(C)(C)O[B]c1ccc(-c2ccc(C(N)=Nc3ncc(-c4ccccc4)cc3-c3ccccc3)cc2)cc1. The van der Waals surface area contributed by atoms with Gasteiger partial charge in [-0.3, -0.25) is 0 Å². The van der Waals surface area contributed by atoms with Crippen LogP contribution in [-0.4, -0.2) is 34.6 Å². The Kier molecular flexibility index (Phi) is 8.39. The van der Waals surface area contributed by atoms with E-state index in [1.165, 1.54) is 0 Å². The Bertz CT molecular complexity index is 1660. The van der Waals surface area contributed by atoms with E-state index >= 15 is 0 Å². The average Bonchev–Trinajstić information content (AvgIpc) is 3.01. The fourth-order valence-corrected chi connectivity index (χ4v) is 4.29. The third kappa shape index (κ3) is 6.68. The number of hydrogen-bond acceptors (Lipinski definition) is 4. The van der Waals surface area contributed by atoms with E-state index in [9.17, 15) is 5.11 Å². The lowest BCUT2D eigenvalue weighted by Crippen LogP contribution is -2.49. The van der Waals surface area contributed by atoms with Crippen molar-refractivity contribution < 1.29 is 9.76 Å². The van der Waals surface area contributed by atoms with Crippen LogP contribution in [0.4, 0.5) is 5.82 Å². The molecule has 0 bridgehead atoms. The van der Waals surface area contributed by atoms with Gasteiger partial charge in [0.1, 0.15) is 5.84 Å². The van der Waals surface area contributed by atoms with E-state index in [1.54, 1.807) is 21.3 Å². The molecule has 0 aliphatic heterocycles. The van der Waals surface area contributed by atoms with Crippen molar-refractivity contribution in [1.82, 2.24) is 4.98 Å². The second-order valence-corrected chi connectivity index (χ2v) is 11.3. The number of pyridine rings is 1. The number of aromatic nitrogens is 1. The molecule has 4 aromatic carbocycles. The summed E-state index contributed by atoms with van der Waals surface area (Å²) in [6.07, 6.45) is 1.84. The van der Waals surface area contributed by atoms with Gasteiger partial charge >= 0.3 is 7.48 Å². The largest absolute Gasteiger partial charge is 0.427 e. The molecule has 0 saturated heterocycles. The number of benzene rings is 4. The van der Waals surface area contributed by atoms with E-state index in [0.29, 0.717) is 11.7 Å². The summed E-state index contributed by atoms with van der Waals surface area (Å²) in [5.41, 5.74) is 12.7. The molecule has 0 amide bonds. The Morgan fingerprint density at radius 3 is 1.81 bits per heavy atom. The number of aliphatic hydroxyl groups is 1. The molecule has 0 fully saturated rings. The molecule has 209 valence electrons. The molecule has 1 radical (unpaired) electrons. The maximum Gasteiger partial charge on any atom is 0.330 e. The predicted molar refractivity (Wildman–Crippen MR) is 174 cm³/mol. The maximum atomic E-state index is 10.3. The van der Waals surface area contributed by atoms with E-state index in [2.05, 4.69) is 30.3 Å². The first-order valence-electron chi connectivity index (χ1n) is 14.0. The molecule has 42 heavy (non-hydrogen) atoms. The van der Waals surface area contributed by atoms with Gasteiger partial charge in [-0.1, -0.05) is 115 Å². The van der Waals surface area contributed by atoms with Crippen molar-refractivity contribution in [3.05, 3.63) is 127 Å². The van der Waals surface area contributed by atoms with Crippen LogP contribution in [-0.2, 0) is 4.65 Å². The van der Waals surface area contributed by atoms with E-state index in [1.807, 2.05) is 105 Å². The Labute approximate surface area is 249 Å². The van der Waals surface area contributed by atoms with Crippen LogP contribution in [0.3, 0.4) is 0 Å². The fraction of sp³-hybridized carbons (Fsp3) is 0.167. The molecule has 0 unspecified atom stereocenters. The molecule has 5 aromatic rings. The summed E-state index contributed by atoms with van der Waals surface area (Å²) < 4.78 is 5.87. The Hall–Kier alpha value is -4.52. The summed E-state index contributed by atoms with van der Waals surface area (Å²) >= 11 is 0. The molecule has 0 spiro atoms. The minimum atomic E-state index is -0.971. The summed E-state index contributed by atoms with van der Waals surface area (Å²) in [6.45, 7) is 7.22. The Balaban J connectivity index is 1.36.